The molecule has 0 bridgehead atoms. The van der Waals surface area contributed by atoms with Crippen LogP contribution in [0.25, 0.3) is 11.2 Å². The third-order valence-corrected chi connectivity index (χ3v) is 7.12. The Morgan fingerprint density at radius 3 is 2.42 bits per heavy atom. The van der Waals surface area contributed by atoms with Crippen LogP contribution in [0.5, 0.6) is 0 Å². The number of carbonyl (C=O) groups excluding carboxylic acids is 2. The van der Waals surface area contributed by atoms with Crippen LogP contribution in [0.4, 0.5) is 11.8 Å². The topological polar surface area (TPSA) is 165 Å². The van der Waals surface area contributed by atoms with E-state index >= 15 is 0 Å². The van der Waals surface area contributed by atoms with Gasteiger partial charge in [0.05, 0.1) is 6.33 Å². The number of nitrogens with two attached hydrogens (primary N) is 1. The number of nitrogens with one attached hydrogen (secondary N) is 2. The van der Waals surface area contributed by atoms with Crippen LogP contribution >= 0.6 is 0 Å². The number of nitrogens with zero attached hydrogens (tertiary/aromatic N) is 4. The van der Waals surface area contributed by atoms with Gasteiger partial charge in [-0.25, -0.2) is 4.98 Å². The van der Waals surface area contributed by atoms with E-state index in [1.165, 1.54) is 0 Å². The molecule has 0 spiro atoms. The molecule has 0 aliphatic carbocycles. The van der Waals surface area contributed by atoms with Crippen LogP contribution in [-0.2, 0) is 41.4 Å². The molecule has 2 aromatic heterocycles. The number of fused-ring (bicyclic) bond motifs is 2. The lowest BCUT2D eigenvalue weighted by Gasteiger charge is -2.24. The van der Waals surface area contributed by atoms with Gasteiger partial charge in [-0.1, -0.05) is 24.3 Å². The second-order valence-electron chi connectivity index (χ2n) is 12.2. The van der Waals surface area contributed by atoms with E-state index in [2.05, 4.69) is 25.6 Å². The predicted molar refractivity (Wildman–Crippen MR) is 159 cm³/mol. The Kier molecular flexibility index (Phi) is 8.59. The second kappa shape index (κ2) is 12.1. The summed E-state index contributed by atoms with van der Waals surface area (Å²) in [4.78, 5) is 38.3. The molecule has 0 radical (unpaired) electrons. The number of nitrogen functional groups attached to an aromatic ring is 1. The first kappa shape index (κ1) is 30.6. The molecule has 2 fully saturated rings. The van der Waals surface area contributed by atoms with Gasteiger partial charge in [0, 0.05) is 19.5 Å². The fourth-order valence-electron chi connectivity index (χ4n) is 5.32. The number of anilines is 2. The molecule has 4 heterocycles. The fourth-order valence-corrected chi connectivity index (χ4v) is 5.32. The Hall–Kier alpha value is -3.81. The van der Waals surface area contributed by atoms with Crippen molar-refractivity contribution >= 4 is 34.8 Å². The number of aryl methyl sites for hydroxylation is 1. The zero-order valence-electron chi connectivity index (χ0n) is 25.5. The Morgan fingerprint density at radius 1 is 1.07 bits per heavy atom. The average molecular weight is 596 g/mol. The fraction of sp³-hybridized carbons (Fsp3) is 0.567. The minimum Gasteiger partial charge on any atom is -0.460 e. The highest BCUT2D eigenvalue weighted by Gasteiger charge is 2.58. The summed E-state index contributed by atoms with van der Waals surface area (Å²) >= 11 is 0. The Bertz CT molecular complexity index is 1470. The standard InChI is InChI=1S/C30H41N7O6/c1-7-32-26(39)22-21-23(43-30(5,6)42-21)27(40-22)37-16-34-20-24(31)35-28(36-25(20)37)33-15-14-18-10-8-17(9-11-18)12-13-19(38)41-29(2,3)4/h8-11,16,21-23,27H,7,12-15H2,1-6H3,(H,32,39)(H3,31,33,35,36)/t21-,22+,23+,27-/m1/s1. The minimum atomic E-state index is -0.879. The smallest absolute Gasteiger partial charge is 0.306 e. The quantitative estimate of drug-likeness (QED) is 0.295. The third-order valence-electron chi connectivity index (χ3n) is 7.12. The number of ether oxygens (including phenoxy) is 4. The van der Waals surface area contributed by atoms with Crippen LogP contribution in [0.2, 0.25) is 0 Å². The van der Waals surface area contributed by atoms with Crippen molar-refractivity contribution in [3.63, 3.8) is 0 Å². The Balaban J connectivity index is 1.24. The highest BCUT2D eigenvalue weighted by atomic mass is 16.8. The third kappa shape index (κ3) is 7.06. The number of benzene rings is 1. The van der Waals surface area contributed by atoms with Crippen molar-refractivity contribution in [1.82, 2.24) is 24.8 Å². The maximum absolute atomic E-state index is 12.8. The van der Waals surface area contributed by atoms with Gasteiger partial charge in [-0.05, 0) is 65.5 Å². The molecule has 13 heteroatoms. The van der Waals surface area contributed by atoms with E-state index in [0.717, 1.165) is 17.5 Å². The van der Waals surface area contributed by atoms with Crippen LogP contribution in [-0.4, -0.2) is 74.2 Å². The van der Waals surface area contributed by atoms with Crippen molar-refractivity contribution in [3.05, 3.63) is 41.7 Å². The summed E-state index contributed by atoms with van der Waals surface area (Å²) in [6, 6.07) is 8.14. The molecular formula is C30H41N7O6. The lowest BCUT2D eigenvalue weighted by atomic mass is 10.1. The van der Waals surface area contributed by atoms with Crippen LogP contribution < -0.4 is 16.4 Å². The van der Waals surface area contributed by atoms with E-state index in [0.29, 0.717) is 43.0 Å². The van der Waals surface area contributed by atoms with Crippen molar-refractivity contribution in [2.45, 2.75) is 96.7 Å². The highest BCUT2D eigenvalue weighted by molar-refractivity contribution is 5.84. The lowest BCUT2D eigenvalue weighted by molar-refractivity contribution is -0.197. The molecule has 4 atom stereocenters. The Morgan fingerprint density at radius 2 is 1.74 bits per heavy atom. The van der Waals surface area contributed by atoms with Gasteiger partial charge in [0.15, 0.2) is 29.6 Å². The van der Waals surface area contributed by atoms with Crippen LogP contribution in [0.15, 0.2) is 30.6 Å². The van der Waals surface area contributed by atoms with E-state index in [1.54, 1.807) is 10.9 Å². The van der Waals surface area contributed by atoms with E-state index < -0.39 is 35.9 Å². The molecule has 3 aromatic rings. The van der Waals surface area contributed by atoms with Crippen LogP contribution in [0, 0.1) is 0 Å². The molecule has 2 saturated heterocycles. The summed E-state index contributed by atoms with van der Waals surface area (Å²) in [6.45, 7) is 12.1. The molecule has 1 amide bonds. The van der Waals surface area contributed by atoms with Crippen LogP contribution in [0.3, 0.4) is 0 Å². The van der Waals surface area contributed by atoms with E-state index in [4.69, 9.17) is 24.7 Å². The molecule has 232 valence electrons. The van der Waals surface area contributed by atoms with E-state index in [1.807, 2.05) is 65.8 Å². The molecule has 2 aliphatic rings. The van der Waals surface area contributed by atoms with Crippen molar-refractivity contribution in [3.8, 4) is 0 Å². The minimum absolute atomic E-state index is 0.201. The van der Waals surface area contributed by atoms with Gasteiger partial charge < -0.3 is 35.3 Å². The number of hydrogen-bond donors (Lipinski definition) is 3. The van der Waals surface area contributed by atoms with Crippen molar-refractivity contribution in [1.29, 1.82) is 0 Å². The van der Waals surface area contributed by atoms with Gasteiger partial charge in [0.1, 0.15) is 23.3 Å². The first-order valence-corrected chi connectivity index (χ1v) is 14.7. The van der Waals surface area contributed by atoms with E-state index in [-0.39, 0.29) is 17.7 Å². The second-order valence-corrected chi connectivity index (χ2v) is 12.2. The molecule has 13 nitrogen and oxygen atoms in total. The molecule has 4 N–H and O–H groups in total. The number of imidazole rings is 1. The summed E-state index contributed by atoms with van der Waals surface area (Å²) in [5.74, 6) is -0.778. The number of likely N-dealkylation sites (N-methyl/N-ethyl adjacent to an activating group) is 1. The van der Waals surface area contributed by atoms with Crippen molar-refractivity contribution in [2.75, 3.05) is 24.1 Å². The van der Waals surface area contributed by atoms with Gasteiger partial charge in [-0.3, -0.25) is 14.2 Å². The van der Waals surface area contributed by atoms with E-state index in [9.17, 15) is 9.59 Å². The number of carbonyl (C=O) groups is 2. The first-order chi connectivity index (χ1) is 20.3. The number of amides is 1. The average Bonchev–Trinajstić information content (AvgIpc) is 3.58. The number of aromatic nitrogens is 4. The molecule has 2 aliphatic heterocycles. The maximum Gasteiger partial charge on any atom is 0.306 e. The van der Waals surface area contributed by atoms with Gasteiger partial charge >= 0.3 is 5.97 Å². The zero-order valence-corrected chi connectivity index (χ0v) is 25.5. The molecular weight excluding hydrogens is 554 g/mol. The van der Waals surface area contributed by atoms with Crippen molar-refractivity contribution < 1.29 is 28.5 Å². The van der Waals surface area contributed by atoms with Crippen LogP contribution in [0.1, 0.15) is 65.3 Å². The zero-order chi connectivity index (χ0) is 30.9. The summed E-state index contributed by atoms with van der Waals surface area (Å²) in [5.41, 5.74) is 8.85. The monoisotopic (exact) mass is 595 g/mol. The largest absolute Gasteiger partial charge is 0.460 e. The summed E-state index contributed by atoms with van der Waals surface area (Å²) in [6.07, 6.45) is 0.544. The normalized spacial score (nSPS) is 22.8. The van der Waals surface area contributed by atoms with Gasteiger partial charge in [-0.2, -0.15) is 9.97 Å². The van der Waals surface area contributed by atoms with Gasteiger partial charge in [0.2, 0.25) is 5.95 Å². The molecule has 0 saturated carbocycles. The molecule has 1 aromatic carbocycles. The summed E-state index contributed by atoms with van der Waals surface area (Å²) in [5, 5.41) is 6.06. The number of hydrogen-bond acceptors (Lipinski definition) is 11. The Labute approximate surface area is 250 Å². The summed E-state index contributed by atoms with van der Waals surface area (Å²) in [7, 11) is 0. The maximum atomic E-state index is 12.8. The molecule has 0 unspecified atom stereocenters. The highest BCUT2D eigenvalue weighted by Crippen LogP contribution is 2.44. The first-order valence-electron chi connectivity index (χ1n) is 14.7. The van der Waals surface area contributed by atoms with Gasteiger partial charge in [-0.15, -0.1) is 0 Å². The van der Waals surface area contributed by atoms with Crippen molar-refractivity contribution in [2.24, 2.45) is 0 Å². The molecule has 43 heavy (non-hydrogen) atoms. The molecule has 5 rings (SSSR count). The lowest BCUT2D eigenvalue weighted by Crippen LogP contribution is -2.42. The number of esters is 1. The number of rotatable bonds is 10. The van der Waals surface area contributed by atoms with Gasteiger partial charge in [0.25, 0.3) is 5.91 Å². The predicted octanol–water partition coefficient (Wildman–Crippen LogP) is 2.89. The summed E-state index contributed by atoms with van der Waals surface area (Å²) < 4.78 is 25.5. The SMILES string of the molecule is CCNC(=O)[C@H]1O[C@@H](n2cnc3c(N)nc(NCCc4ccc(CCC(=O)OC(C)(C)C)cc4)nc32)[C@H]2OC(C)(C)O[C@@H]21.